The van der Waals surface area contributed by atoms with Crippen LogP contribution in [0.4, 0.5) is 9.18 Å². The molecule has 0 heterocycles. The molecule has 7 heteroatoms. The Kier molecular flexibility index (Phi) is 6.13. The van der Waals surface area contributed by atoms with Gasteiger partial charge in [-0.15, -0.1) is 0 Å². The van der Waals surface area contributed by atoms with Crippen molar-refractivity contribution in [1.82, 2.24) is 10.6 Å². The Bertz CT molecular complexity index is 759. The van der Waals surface area contributed by atoms with Crippen LogP contribution in [-0.2, 0) is 6.54 Å². The molecule has 0 aliphatic carbocycles. The van der Waals surface area contributed by atoms with Crippen molar-refractivity contribution in [3.8, 4) is 6.07 Å². The van der Waals surface area contributed by atoms with Gasteiger partial charge in [0.25, 0.3) is 0 Å². The number of hydrogen-bond donors (Lipinski definition) is 3. The first-order valence-corrected chi connectivity index (χ1v) is 7.51. The third-order valence-corrected chi connectivity index (χ3v) is 3.58. The monoisotopic (exact) mass is 347 g/mol. The average molecular weight is 348 g/mol. The van der Waals surface area contributed by atoms with Gasteiger partial charge in [0.1, 0.15) is 5.82 Å². The summed E-state index contributed by atoms with van der Waals surface area (Å²) in [5.74, 6) is -0.504. The molecule has 0 aliphatic heterocycles. The molecule has 1 unspecified atom stereocenters. The van der Waals surface area contributed by atoms with E-state index in [1.54, 1.807) is 24.3 Å². The standard InChI is InChI=1S/C17H15ClFN3O2/c18-14-4-2-12(3-5-14)16(23)10-22-17(24)21-9-13-7-11(8-20)1-6-15(13)19/h1-7,16,23H,9-10H2,(H2,21,22,24). The zero-order chi connectivity index (χ0) is 17.5. The van der Waals surface area contributed by atoms with Crippen LogP contribution in [0.2, 0.25) is 5.02 Å². The summed E-state index contributed by atoms with van der Waals surface area (Å²) in [6.45, 7) is -0.0710. The summed E-state index contributed by atoms with van der Waals surface area (Å²) in [6, 6.07) is 11.9. The first-order chi connectivity index (χ1) is 11.5. The number of nitriles is 1. The molecule has 3 N–H and O–H groups in total. The highest BCUT2D eigenvalue weighted by molar-refractivity contribution is 6.30. The van der Waals surface area contributed by atoms with Crippen molar-refractivity contribution in [2.24, 2.45) is 0 Å². The smallest absolute Gasteiger partial charge is 0.315 e. The molecular weight excluding hydrogens is 333 g/mol. The summed E-state index contributed by atoms with van der Waals surface area (Å²) in [5, 5.41) is 24.3. The first-order valence-electron chi connectivity index (χ1n) is 7.13. The highest BCUT2D eigenvalue weighted by Crippen LogP contribution is 2.15. The summed E-state index contributed by atoms with van der Waals surface area (Å²) < 4.78 is 13.6. The maximum absolute atomic E-state index is 13.6. The Hall–Kier alpha value is -2.62. The van der Waals surface area contributed by atoms with E-state index < -0.39 is 18.0 Å². The maximum Gasteiger partial charge on any atom is 0.315 e. The van der Waals surface area contributed by atoms with E-state index in [1.807, 2.05) is 6.07 Å². The quantitative estimate of drug-likeness (QED) is 0.777. The van der Waals surface area contributed by atoms with Crippen LogP contribution in [-0.4, -0.2) is 17.7 Å². The molecule has 2 aromatic rings. The molecule has 2 rings (SSSR count). The van der Waals surface area contributed by atoms with E-state index in [9.17, 15) is 14.3 Å². The zero-order valence-corrected chi connectivity index (χ0v) is 13.3. The largest absolute Gasteiger partial charge is 0.387 e. The van der Waals surface area contributed by atoms with Crippen molar-refractivity contribution < 1.29 is 14.3 Å². The van der Waals surface area contributed by atoms with Gasteiger partial charge in [0.15, 0.2) is 0 Å². The molecule has 0 saturated carbocycles. The van der Waals surface area contributed by atoms with Crippen LogP contribution in [0.1, 0.15) is 22.8 Å². The van der Waals surface area contributed by atoms with Gasteiger partial charge in [-0.3, -0.25) is 0 Å². The van der Waals surface area contributed by atoms with Crippen molar-refractivity contribution >= 4 is 17.6 Å². The third kappa shape index (κ3) is 4.95. The van der Waals surface area contributed by atoms with Gasteiger partial charge in [-0.2, -0.15) is 5.26 Å². The number of halogens is 2. The molecule has 124 valence electrons. The van der Waals surface area contributed by atoms with Gasteiger partial charge in [-0.1, -0.05) is 23.7 Å². The van der Waals surface area contributed by atoms with E-state index in [2.05, 4.69) is 10.6 Å². The Balaban J connectivity index is 1.83. The number of aliphatic hydroxyl groups is 1. The minimum Gasteiger partial charge on any atom is -0.387 e. The van der Waals surface area contributed by atoms with Gasteiger partial charge in [-0.05, 0) is 35.9 Å². The summed E-state index contributed by atoms with van der Waals surface area (Å²) in [7, 11) is 0. The van der Waals surface area contributed by atoms with Crippen molar-refractivity contribution in [2.75, 3.05) is 6.54 Å². The van der Waals surface area contributed by atoms with Crippen molar-refractivity contribution in [3.05, 3.63) is 70.0 Å². The SMILES string of the molecule is N#Cc1ccc(F)c(CNC(=O)NCC(O)c2ccc(Cl)cc2)c1. The van der Waals surface area contributed by atoms with E-state index in [0.717, 1.165) is 0 Å². The molecule has 0 saturated heterocycles. The Labute approximate surface area is 143 Å². The molecule has 2 aromatic carbocycles. The van der Waals surface area contributed by atoms with Crippen molar-refractivity contribution in [1.29, 1.82) is 5.26 Å². The maximum atomic E-state index is 13.6. The highest BCUT2D eigenvalue weighted by Gasteiger charge is 2.10. The van der Waals surface area contributed by atoms with Gasteiger partial charge in [0.05, 0.1) is 17.7 Å². The number of amides is 2. The number of nitrogens with one attached hydrogen (secondary N) is 2. The van der Waals surface area contributed by atoms with E-state index in [0.29, 0.717) is 16.1 Å². The molecule has 0 aromatic heterocycles. The summed E-state index contributed by atoms with van der Waals surface area (Å²) >= 11 is 5.77. The molecular formula is C17H15ClFN3O2. The Morgan fingerprint density at radius 1 is 1.25 bits per heavy atom. The van der Waals surface area contributed by atoms with Gasteiger partial charge in [0, 0.05) is 23.7 Å². The normalized spacial score (nSPS) is 11.4. The van der Waals surface area contributed by atoms with E-state index in [4.69, 9.17) is 16.9 Å². The fraction of sp³-hybridized carbons (Fsp3) is 0.176. The van der Waals surface area contributed by atoms with Crippen LogP contribution in [0.3, 0.4) is 0 Å². The molecule has 24 heavy (non-hydrogen) atoms. The number of carbonyl (C=O) groups is 1. The van der Waals surface area contributed by atoms with Gasteiger partial charge in [0.2, 0.25) is 0 Å². The van der Waals surface area contributed by atoms with Crippen LogP contribution in [0.15, 0.2) is 42.5 Å². The van der Waals surface area contributed by atoms with Gasteiger partial charge in [-0.25, -0.2) is 9.18 Å². The van der Waals surface area contributed by atoms with Gasteiger partial charge >= 0.3 is 6.03 Å². The second-order valence-electron chi connectivity index (χ2n) is 5.05. The van der Waals surface area contributed by atoms with Crippen LogP contribution in [0, 0.1) is 17.1 Å². The number of rotatable bonds is 5. The number of hydrogen-bond acceptors (Lipinski definition) is 3. The fourth-order valence-electron chi connectivity index (χ4n) is 2.01. The summed E-state index contributed by atoms with van der Waals surface area (Å²) in [6.07, 6.45) is -0.883. The number of nitrogens with zero attached hydrogens (tertiary/aromatic N) is 1. The zero-order valence-electron chi connectivity index (χ0n) is 12.6. The topological polar surface area (TPSA) is 85.2 Å². The number of benzene rings is 2. The minimum atomic E-state index is -0.883. The molecule has 0 aliphatic rings. The van der Waals surface area contributed by atoms with Crippen LogP contribution < -0.4 is 10.6 Å². The molecule has 0 radical (unpaired) electrons. The molecule has 0 bridgehead atoms. The second-order valence-corrected chi connectivity index (χ2v) is 5.49. The molecule has 0 fully saturated rings. The van der Waals surface area contributed by atoms with Gasteiger partial charge < -0.3 is 15.7 Å². The van der Waals surface area contributed by atoms with Crippen LogP contribution in [0.5, 0.6) is 0 Å². The van der Waals surface area contributed by atoms with E-state index in [1.165, 1.54) is 18.2 Å². The lowest BCUT2D eigenvalue weighted by Gasteiger charge is -2.13. The predicted molar refractivity (Wildman–Crippen MR) is 87.8 cm³/mol. The summed E-state index contributed by atoms with van der Waals surface area (Å²) in [5.41, 5.74) is 1.14. The van der Waals surface area contributed by atoms with E-state index >= 15 is 0 Å². The van der Waals surface area contributed by atoms with E-state index in [-0.39, 0.29) is 18.7 Å². The van der Waals surface area contributed by atoms with Crippen molar-refractivity contribution in [2.45, 2.75) is 12.6 Å². The first kappa shape index (κ1) is 17.7. The molecule has 1 atom stereocenters. The lowest BCUT2D eigenvalue weighted by molar-refractivity contribution is 0.173. The van der Waals surface area contributed by atoms with Crippen molar-refractivity contribution in [3.63, 3.8) is 0 Å². The van der Waals surface area contributed by atoms with Crippen LogP contribution in [0.25, 0.3) is 0 Å². The number of urea groups is 1. The fourth-order valence-corrected chi connectivity index (χ4v) is 2.14. The number of aliphatic hydroxyl groups excluding tert-OH is 1. The molecule has 5 nitrogen and oxygen atoms in total. The Morgan fingerprint density at radius 3 is 2.62 bits per heavy atom. The molecule has 0 spiro atoms. The second kappa shape index (κ2) is 8.29. The Morgan fingerprint density at radius 2 is 1.96 bits per heavy atom. The molecule has 2 amide bonds. The lowest BCUT2D eigenvalue weighted by atomic mass is 10.1. The summed E-state index contributed by atoms with van der Waals surface area (Å²) in [4.78, 5) is 11.7. The number of carbonyl (C=O) groups excluding carboxylic acids is 1. The lowest BCUT2D eigenvalue weighted by Crippen LogP contribution is -2.37. The average Bonchev–Trinajstić information content (AvgIpc) is 2.59. The van der Waals surface area contributed by atoms with Crippen LogP contribution >= 0.6 is 11.6 Å². The predicted octanol–water partition coefficient (Wildman–Crippen LogP) is 2.88. The third-order valence-electron chi connectivity index (χ3n) is 3.32. The minimum absolute atomic E-state index is 0.00577. The highest BCUT2D eigenvalue weighted by atomic mass is 35.5.